The molecule has 1 aromatic heterocycles. The van der Waals surface area contributed by atoms with E-state index in [4.69, 9.17) is 4.74 Å². The molecule has 1 N–H and O–H groups in total. The summed E-state index contributed by atoms with van der Waals surface area (Å²) in [6.07, 6.45) is 3.30. The maximum atomic E-state index is 13.4. The van der Waals surface area contributed by atoms with Gasteiger partial charge in [0, 0.05) is 17.4 Å². The van der Waals surface area contributed by atoms with Gasteiger partial charge in [-0.1, -0.05) is 26.7 Å². The highest BCUT2D eigenvalue weighted by atomic mass is 19.1. The number of rotatable bonds is 6. The Morgan fingerprint density at radius 3 is 2.57 bits per heavy atom. The van der Waals surface area contributed by atoms with Crippen LogP contribution < -0.4 is 5.32 Å². The summed E-state index contributed by atoms with van der Waals surface area (Å²) in [5.74, 6) is 0.172. The third-order valence-corrected chi connectivity index (χ3v) is 6.36. The predicted octanol–water partition coefficient (Wildman–Crippen LogP) is 4.72. The summed E-state index contributed by atoms with van der Waals surface area (Å²) >= 11 is 0. The van der Waals surface area contributed by atoms with E-state index in [0.717, 1.165) is 18.4 Å². The topological polar surface area (TPSA) is 60.3 Å². The van der Waals surface area contributed by atoms with Gasteiger partial charge in [-0.3, -0.25) is 4.79 Å². The van der Waals surface area contributed by atoms with Crippen LogP contribution in [0.15, 0.2) is 30.3 Å². The molecule has 0 aliphatic heterocycles. The van der Waals surface area contributed by atoms with Crippen LogP contribution in [0.2, 0.25) is 0 Å². The minimum absolute atomic E-state index is 0.0848. The van der Waals surface area contributed by atoms with Crippen molar-refractivity contribution in [3.63, 3.8) is 0 Å². The molecular formula is C24H31FN2O3. The standard InChI is InChI=1S/C24H31FN2O3/c1-5-30-24(29)20-13-22(18-9-11-19(25)12-10-18)27(17(20)4)14-23(28)26-21-8-6-7-15(2)16(21)3/h9-13,15-16,21H,5-8,14H2,1-4H3,(H,26,28). The lowest BCUT2D eigenvalue weighted by molar-refractivity contribution is -0.123. The van der Waals surface area contributed by atoms with E-state index in [1.165, 1.54) is 18.6 Å². The van der Waals surface area contributed by atoms with Gasteiger partial charge in [0.2, 0.25) is 5.91 Å². The fourth-order valence-corrected chi connectivity index (χ4v) is 4.31. The Bertz CT molecular complexity index is 904. The van der Waals surface area contributed by atoms with Gasteiger partial charge in [0.05, 0.1) is 12.2 Å². The first-order valence-corrected chi connectivity index (χ1v) is 10.7. The van der Waals surface area contributed by atoms with E-state index in [1.54, 1.807) is 32.0 Å². The number of carbonyl (C=O) groups excluding carboxylic acids is 2. The van der Waals surface area contributed by atoms with E-state index in [-0.39, 0.29) is 30.9 Å². The number of nitrogens with one attached hydrogen (secondary N) is 1. The summed E-state index contributed by atoms with van der Waals surface area (Å²) in [7, 11) is 0. The number of carbonyl (C=O) groups is 2. The lowest BCUT2D eigenvalue weighted by Crippen LogP contribution is -2.44. The van der Waals surface area contributed by atoms with Gasteiger partial charge in [-0.25, -0.2) is 9.18 Å². The number of hydrogen-bond acceptors (Lipinski definition) is 3. The molecule has 1 aromatic carbocycles. The maximum Gasteiger partial charge on any atom is 0.339 e. The molecule has 1 heterocycles. The molecule has 3 unspecified atom stereocenters. The smallest absolute Gasteiger partial charge is 0.339 e. The monoisotopic (exact) mass is 414 g/mol. The van der Waals surface area contributed by atoms with Crippen LogP contribution in [-0.2, 0) is 16.1 Å². The lowest BCUT2D eigenvalue weighted by Gasteiger charge is -2.34. The molecular weight excluding hydrogens is 383 g/mol. The summed E-state index contributed by atoms with van der Waals surface area (Å²) in [6.45, 7) is 8.35. The number of ether oxygens (including phenoxy) is 1. The van der Waals surface area contributed by atoms with Gasteiger partial charge in [-0.2, -0.15) is 0 Å². The zero-order valence-corrected chi connectivity index (χ0v) is 18.2. The first-order chi connectivity index (χ1) is 14.3. The van der Waals surface area contributed by atoms with Crippen molar-refractivity contribution in [2.75, 3.05) is 6.61 Å². The SMILES string of the molecule is CCOC(=O)c1cc(-c2ccc(F)cc2)n(CC(=O)NC2CCCC(C)C2C)c1C. The van der Waals surface area contributed by atoms with Crippen molar-refractivity contribution in [3.8, 4) is 11.3 Å². The molecule has 0 spiro atoms. The van der Waals surface area contributed by atoms with Gasteiger partial charge in [-0.05, 0) is 68.0 Å². The minimum Gasteiger partial charge on any atom is -0.462 e. The van der Waals surface area contributed by atoms with Gasteiger partial charge in [0.1, 0.15) is 12.4 Å². The quantitative estimate of drug-likeness (QED) is 0.696. The second-order valence-corrected chi connectivity index (χ2v) is 8.28. The number of aromatic nitrogens is 1. The van der Waals surface area contributed by atoms with Gasteiger partial charge in [-0.15, -0.1) is 0 Å². The van der Waals surface area contributed by atoms with Crippen molar-refractivity contribution < 1.29 is 18.7 Å². The van der Waals surface area contributed by atoms with Crippen LogP contribution in [0.5, 0.6) is 0 Å². The van der Waals surface area contributed by atoms with Crippen LogP contribution in [0.25, 0.3) is 11.3 Å². The van der Waals surface area contributed by atoms with Crippen molar-refractivity contribution in [1.29, 1.82) is 0 Å². The first-order valence-electron chi connectivity index (χ1n) is 10.7. The Hall–Kier alpha value is -2.63. The fraction of sp³-hybridized carbons (Fsp3) is 0.500. The van der Waals surface area contributed by atoms with Crippen molar-refractivity contribution in [3.05, 3.63) is 47.4 Å². The summed E-state index contributed by atoms with van der Waals surface area (Å²) in [6, 6.07) is 7.93. The maximum absolute atomic E-state index is 13.4. The average Bonchev–Trinajstić information content (AvgIpc) is 3.03. The van der Waals surface area contributed by atoms with Gasteiger partial charge < -0.3 is 14.6 Å². The number of nitrogens with zero attached hydrogens (tertiary/aromatic N) is 1. The zero-order valence-electron chi connectivity index (χ0n) is 18.2. The predicted molar refractivity (Wildman–Crippen MR) is 115 cm³/mol. The number of amides is 1. The van der Waals surface area contributed by atoms with E-state index in [9.17, 15) is 14.0 Å². The third-order valence-electron chi connectivity index (χ3n) is 6.36. The van der Waals surface area contributed by atoms with Gasteiger partial charge >= 0.3 is 5.97 Å². The van der Waals surface area contributed by atoms with Crippen LogP contribution in [-0.4, -0.2) is 29.1 Å². The molecule has 1 fully saturated rings. The average molecular weight is 415 g/mol. The zero-order chi connectivity index (χ0) is 21.8. The number of hydrogen-bond donors (Lipinski definition) is 1. The summed E-state index contributed by atoms with van der Waals surface area (Å²) in [4.78, 5) is 25.3. The minimum atomic E-state index is -0.424. The highest BCUT2D eigenvalue weighted by molar-refractivity contribution is 5.93. The van der Waals surface area contributed by atoms with E-state index in [0.29, 0.717) is 28.8 Å². The normalized spacial score (nSPS) is 21.3. The van der Waals surface area contributed by atoms with Gasteiger partial charge in [0.15, 0.2) is 0 Å². The molecule has 0 bridgehead atoms. The van der Waals surface area contributed by atoms with E-state index in [2.05, 4.69) is 19.2 Å². The summed E-state index contributed by atoms with van der Waals surface area (Å²) in [5.41, 5.74) is 2.51. The largest absolute Gasteiger partial charge is 0.462 e. The van der Waals surface area contributed by atoms with Crippen LogP contribution >= 0.6 is 0 Å². The van der Waals surface area contributed by atoms with Crippen molar-refractivity contribution >= 4 is 11.9 Å². The molecule has 30 heavy (non-hydrogen) atoms. The molecule has 2 aromatic rings. The highest BCUT2D eigenvalue weighted by Gasteiger charge is 2.29. The molecule has 5 nitrogen and oxygen atoms in total. The van der Waals surface area contributed by atoms with Crippen LogP contribution in [0.4, 0.5) is 4.39 Å². The van der Waals surface area contributed by atoms with E-state index >= 15 is 0 Å². The Balaban J connectivity index is 1.88. The number of halogens is 1. The molecule has 1 amide bonds. The molecule has 1 saturated carbocycles. The molecule has 0 saturated heterocycles. The molecule has 3 atom stereocenters. The summed E-state index contributed by atoms with van der Waals surface area (Å²) in [5, 5.41) is 3.19. The van der Waals surface area contributed by atoms with Gasteiger partial charge in [0.25, 0.3) is 0 Å². The second-order valence-electron chi connectivity index (χ2n) is 8.28. The van der Waals surface area contributed by atoms with E-state index < -0.39 is 5.97 Å². The fourth-order valence-electron chi connectivity index (χ4n) is 4.31. The molecule has 3 rings (SSSR count). The van der Waals surface area contributed by atoms with Crippen molar-refractivity contribution in [1.82, 2.24) is 9.88 Å². The van der Waals surface area contributed by atoms with Crippen LogP contribution in [0, 0.1) is 24.6 Å². The van der Waals surface area contributed by atoms with Crippen LogP contribution in [0.1, 0.15) is 56.1 Å². The first kappa shape index (κ1) is 22.1. The van der Waals surface area contributed by atoms with Crippen molar-refractivity contribution in [2.24, 2.45) is 11.8 Å². The number of esters is 1. The third kappa shape index (κ3) is 4.74. The Labute approximate surface area is 177 Å². The Morgan fingerprint density at radius 1 is 1.20 bits per heavy atom. The second kappa shape index (κ2) is 9.45. The Morgan fingerprint density at radius 2 is 1.90 bits per heavy atom. The highest BCUT2D eigenvalue weighted by Crippen LogP contribution is 2.30. The lowest BCUT2D eigenvalue weighted by atomic mass is 9.78. The molecule has 6 heteroatoms. The van der Waals surface area contributed by atoms with E-state index in [1.807, 2.05) is 4.57 Å². The summed E-state index contributed by atoms with van der Waals surface area (Å²) < 4.78 is 20.4. The molecule has 1 aliphatic rings. The van der Waals surface area contributed by atoms with Crippen molar-refractivity contribution in [2.45, 2.75) is 59.5 Å². The number of benzene rings is 1. The molecule has 162 valence electrons. The van der Waals surface area contributed by atoms with Crippen LogP contribution in [0.3, 0.4) is 0 Å². The molecule has 0 radical (unpaired) electrons. The Kier molecular flexibility index (Phi) is 6.95. The molecule has 1 aliphatic carbocycles.